The van der Waals surface area contributed by atoms with E-state index in [4.69, 9.17) is 0 Å². The quantitative estimate of drug-likeness (QED) is 0.892. The fraction of sp³-hybridized carbons (Fsp3) is 0.438. The van der Waals surface area contributed by atoms with Gasteiger partial charge in [-0.2, -0.15) is 0 Å². The number of hydrogen-bond donors (Lipinski definition) is 1. The molecule has 0 spiro atoms. The summed E-state index contributed by atoms with van der Waals surface area (Å²) in [6, 6.07) is 4.90. The van der Waals surface area contributed by atoms with Gasteiger partial charge in [0.05, 0.1) is 5.01 Å². The van der Waals surface area contributed by atoms with Crippen LogP contribution in [0.15, 0.2) is 23.7 Å². The van der Waals surface area contributed by atoms with Crippen LogP contribution in [0.5, 0.6) is 0 Å². The van der Waals surface area contributed by atoms with E-state index in [1.165, 1.54) is 27.3 Å². The van der Waals surface area contributed by atoms with Crippen LogP contribution in [0.1, 0.15) is 40.2 Å². The normalized spacial score (nSPS) is 12.6. The third-order valence-corrected chi connectivity index (χ3v) is 4.20. The van der Waals surface area contributed by atoms with E-state index in [1.807, 2.05) is 11.6 Å². The zero-order valence-corrected chi connectivity index (χ0v) is 13.0. The zero-order chi connectivity index (χ0) is 13.8. The minimum absolute atomic E-state index is 0.358. The number of aryl methyl sites for hydroxylation is 3. The molecule has 0 saturated carbocycles. The maximum absolute atomic E-state index is 4.42. The van der Waals surface area contributed by atoms with Crippen LogP contribution in [-0.2, 0) is 6.42 Å². The number of rotatable bonds is 5. The minimum Gasteiger partial charge on any atom is -0.310 e. The highest BCUT2D eigenvalue weighted by molar-refractivity contribution is 7.09. The zero-order valence-electron chi connectivity index (χ0n) is 12.2. The van der Waals surface area contributed by atoms with Gasteiger partial charge in [0, 0.05) is 24.0 Å². The number of aromatic nitrogens is 1. The lowest BCUT2D eigenvalue weighted by molar-refractivity contribution is 0.543. The molecular weight excluding hydrogens is 252 g/mol. The van der Waals surface area contributed by atoms with Crippen LogP contribution < -0.4 is 5.32 Å². The second-order valence-corrected chi connectivity index (χ2v) is 6.03. The van der Waals surface area contributed by atoms with Crippen LogP contribution in [0, 0.1) is 20.8 Å². The maximum Gasteiger partial charge on any atom is 0.0943 e. The van der Waals surface area contributed by atoms with Crippen molar-refractivity contribution < 1.29 is 0 Å². The van der Waals surface area contributed by atoms with E-state index in [-0.39, 0.29) is 0 Å². The summed E-state index contributed by atoms with van der Waals surface area (Å²) in [7, 11) is 0. The molecule has 0 aliphatic rings. The molecule has 1 atom stereocenters. The summed E-state index contributed by atoms with van der Waals surface area (Å²) in [5.74, 6) is 0. The Labute approximate surface area is 119 Å². The molecule has 0 fully saturated rings. The predicted octanol–water partition coefficient (Wildman–Crippen LogP) is 3.96. The molecule has 102 valence electrons. The monoisotopic (exact) mass is 274 g/mol. The molecule has 0 aliphatic carbocycles. The first-order chi connectivity index (χ1) is 9.11. The second kappa shape index (κ2) is 6.31. The molecule has 19 heavy (non-hydrogen) atoms. The Bertz CT molecular complexity index is 509. The Balaban J connectivity index is 2.33. The molecule has 3 heteroatoms. The summed E-state index contributed by atoms with van der Waals surface area (Å²) in [6.07, 6.45) is 2.86. The third-order valence-electron chi connectivity index (χ3n) is 3.40. The minimum atomic E-state index is 0.358. The van der Waals surface area contributed by atoms with Crippen molar-refractivity contribution in [3.63, 3.8) is 0 Å². The van der Waals surface area contributed by atoms with E-state index in [1.54, 1.807) is 11.3 Å². The molecule has 1 heterocycles. The van der Waals surface area contributed by atoms with Crippen LogP contribution in [0.25, 0.3) is 0 Å². The van der Waals surface area contributed by atoms with Crippen LogP contribution in [0.3, 0.4) is 0 Å². The van der Waals surface area contributed by atoms with Gasteiger partial charge in [-0.05, 0) is 44.0 Å². The number of nitrogens with one attached hydrogen (secondary N) is 1. The van der Waals surface area contributed by atoms with Gasteiger partial charge < -0.3 is 5.32 Å². The van der Waals surface area contributed by atoms with Crippen molar-refractivity contribution in [3.8, 4) is 0 Å². The molecule has 1 N–H and O–H groups in total. The number of benzene rings is 1. The number of thiazole rings is 1. The number of likely N-dealkylation sites (N-methyl/N-ethyl adjacent to an activating group) is 1. The van der Waals surface area contributed by atoms with Crippen molar-refractivity contribution in [1.82, 2.24) is 10.3 Å². The van der Waals surface area contributed by atoms with Gasteiger partial charge in [0.25, 0.3) is 0 Å². The lowest BCUT2D eigenvalue weighted by Gasteiger charge is -2.22. The standard InChI is InChI=1S/C16H22N2S/c1-5-17-14(10-15-18-6-7-19-15)16-12(3)8-11(2)9-13(16)4/h6-9,14,17H,5,10H2,1-4H3. The highest BCUT2D eigenvalue weighted by atomic mass is 32.1. The summed E-state index contributed by atoms with van der Waals surface area (Å²) in [6.45, 7) is 9.71. The highest BCUT2D eigenvalue weighted by Crippen LogP contribution is 2.27. The third kappa shape index (κ3) is 3.43. The Kier molecular flexibility index (Phi) is 4.72. The Morgan fingerprint density at radius 1 is 1.21 bits per heavy atom. The van der Waals surface area contributed by atoms with E-state index >= 15 is 0 Å². The van der Waals surface area contributed by atoms with Crippen molar-refractivity contribution in [2.75, 3.05) is 6.54 Å². The molecule has 1 aromatic carbocycles. The summed E-state index contributed by atoms with van der Waals surface area (Å²) in [4.78, 5) is 4.42. The number of hydrogen-bond acceptors (Lipinski definition) is 3. The lowest BCUT2D eigenvalue weighted by Crippen LogP contribution is -2.24. The topological polar surface area (TPSA) is 24.9 Å². The van der Waals surface area contributed by atoms with Crippen LogP contribution in [0.2, 0.25) is 0 Å². The fourth-order valence-corrected chi connectivity index (χ4v) is 3.46. The van der Waals surface area contributed by atoms with Crippen molar-refractivity contribution >= 4 is 11.3 Å². The molecule has 2 rings (SSSR count). The van der Waals surface area contributed by atoms with Gasteiger partial charge >= 0.3 is 0 Å². The largest absolute Gasteiger partial charge is 0.310 e. The Morgan fingerprint density at radius 2 is 1.89 bits per heavy atom. The van der Waals surface area contributed by atoms with Gasteiger partial charge in [0.1, 0.15) is 0 Å². The van der Waals surface area contributed by atoms with Crippen LogP contribution >= 0.6 is 11.3 Å². The molecule has 0 saturated heterocycles. The molecule has 1 unspecified atom stereocenters. The van der Waals surface area contributed by atoms with Crippen molar-refractivity contribution in [3.05, 3.63) is 51.0 Å². The Morgan fingerprint density at radius 3 is 2.42 bits per heavy atom. The van der Waals surface area contributed by atoms with Crippen LogP contribution in [-0.4, -0.2) is 11.5 Å². The van der Waals surface area contributed by atoms with Gasteiger partial charge in [-0.15, -0.1) is 11.3 Å². The lowest BCUT2D eigenvalue weighted by atomic mass is 9.92. The highest BCUT2D eigenvalue weighted by Gasteiger charge is 2.17. The van der Waals surface area contributed by atoms with Gasteiger partial charge in [0.2, 0.25) is 0 Å². The molecule has 0 radical (unpaired) electrons. The van der Waals surface area contributed by atoms with Gasteiger partial charge in [0.15, 0.2) is 0 Å². The van der Waals surface area contributed by atoms with Gasteiger partial charge in [-0.1, -0.05) is 24.6 Å². The first kappa shape index (κ1) is 14.2. The van der Waals surface area contributed by atoms with Crippen molar-refractivity contribution in [2.24, 2.45) is 0 Å². The summed E-state index contributed by atoms with van der Waals surface area (Å²) >= 11 is 1.74. The average Bonchev–Trinajstić information content (AvgIpc) is 2.80. The van der Waals surface area contributed by atoms with E-state index in [9.17, 15) is 0 Å². The molecule has 0 aliphatic heterocycles. The van der Waals surface area contributed by atoms with E-state index < -0.39 is 0 Å². The van der Waals surface area contributed by atoms with Crippen molar-refractivity contribution in [2.45, 2.75) is 40.2 Å². The number of nitrogens with zero attached hydrogens (tertiary/aromatic N) is 1. The molecule has 0 bridgehead atoms. The molecule has 2 aromatic rings. The van der Waals surface area contributed by atoms with Gasteiger partial charge in [-0.3, -0.25) is 0 Å². The first-order valence-electron chi connectivity index (χ1n) is 6.81. The van der Waals surface area contributed by atoms with E-state index in [0.29, 0.717) is 6.04 Å². The SMILES string of the molecule is CCNC(Cc1nccs1)c1c(C)cc(C)cc1C. The fourth-order valence-electron chi connectivity index (χ4n) is 2.79. The Hall–Kier alpha value is -1.19. The molecule has 2 nitrogen and oxygen atoms in total. The summed E-state index contributed by atoms with van der Waals surface area (Å²) in [5, 5.41) is 6.85. The summed E-state index contributed by atoms with van der Waals surface area (Å²) < 4.78 is 0. The average molecular weight is 274 g/mol. The second-order valence-electron chi connectivity index (χ2n) is 5.05. The van der Waals surface area contributed by atoms with Crippen molar-refractivity contribution in [1.29, 1.82) is 0 Å². The molecular formula is C16H22N2S. The van der Waals surface area contributed by atoms with E-state index in [2.05, 4.69) is 50.1 Å². The van der Waals surface area contributed by atoms with Crippen LogP contribution in [0.4, 0.5) is 0 Å². The first-order valence-corrected chi connectivity index (χ1v) is 7.69. The predicted molar refractivity (Wildman–Crippen MR) is 82.9 cm³/mol. The van der Waals surface area contributed by atoms with E-state index in [0.717, 1.165) is 13.0 Å². The molecule has 0 amide bonds. The van der Waals surface area contributed by atoms with Gasteiger partial charge in [-0.25, -0.2) is 4.98 Å². The smallest absolute Gasteiger partial charge is 0.0943 e. The molecule has 1 aromatic heterocycles. The maximum atomic E-state index is 4.42. The summed E-state index contributed by atoms with van der Waals surface area (Å²) in [5.41, 5.74) is 5.52.